The van der Waals surface area contributed by atoms with E-state index in [4.69, 9.17) is 9.47 Å². The van der Waals surface area contributed by atoms with Gasteiger partial charge in [0.05, 0.1) is 22.5 Å². The van der Waals surface area contributed by atoms with E-state index in [-0.39, 0.29) is 47.6 Å². The molecule has 1 aromatic carbocycles. The minimum absolute atomic E-state index is 0.0184. The maximum atomic E-state index is 13.1. The van der Waals surface area contributed by atoms with Crippen molar-refractivity contribution in [2.45, 2.75) is 37.4 Å². The van der Waals surface area contributed by atoms with Gasteiger partial charge in [-0.05, 0) is 48.9 Å². The van der Waals surface area contributed by atoms with Crippen LogP contribution in [-0.2, 0) is 21.1 Å². The van der Waals surface area contributed by atoms with Crippen molar-refractivity contribution in [1.29, 1.82) is 0 Å². The van der Waals surface area contributed by atoms with E-state index < -0.39 is 32.7 Å². The number of carbonyl (C=O) groups is 1. The topological polar surface area (TPSA) is 135 Å². The van der Waals surface area contributed by atoms with Crippen molar-refractivity contribution in [2.75, 3.05) is 12.5 Å². The molecule has 0 bridgehead atoms. The van der Waals surface area contributed by atoms with Crippen LogP contribution in [0.4, 0.5) is 4.39 Å². The Kier molecular flexibility index (Phi) is 7.21. The summed E-state index contributed by atoms with van der Waals surface area (Å²) in [5.74, 6) is 3.33. The number of pyridine rings is 1. The van der Waals surface area contributed by atoms with E-state index in [2.05, 4.69) is 22.0 Å². The van der Waals surface area contributed by atoms with E-state index in [0.717, 1.165) is 5.56 Å². The number of hydrogen-bond donors (Lipinski definition) is 2. The summed E-state index contributed by atoms with van der Waals surface area (Å²) in [6.07, 6.45) is 1.62. The van der Waals surface area contributed by atoms with Gasteiger partial charge in [0.2, 0.25) is 6.79 Å². The van der Waals surface area contributed by atoms with Crippen LogP contribution in [0.15, 0.2) is 35.5 Å². The van der Waals surface area contributed by atoms with Crippen LogP contribution in [0.2, 0.25) is 0 Å². The van der Waals surface area contributed by atoms with E-state index in [0.29, 0.717) is 25.7 Å². The van der Waals surface area contributed by atoms with Gasteiger partial charge >= 0.3 is 5.97 Å². The summed E-state index contributed by atoms with van der Waals surface area (Å²) in [6.45, 7) is -0.143. The summed E-state index contributed by atoms with van der Waals surface area (Å²) in [4.78, 5) is 15.6. The SMILES string of the molecule is O=C(O)C1CCCC(S(=O)(=O)CC(=NO)c2cc(C#CCc3ccc(F)cc3)nc3c2OCO3)C1. The average Bonchev–Trinajstić information content (AvgIpc) is 3.32. The van der Waals surface area contributed by atoms with E-state index in [1.54, 1.807) is 12.1 Å². The van der Waals surface area contributed by atoms with Crippen LogP contribution in [0.5, 0.6) is 11.6 Å². The van der Waals surface area contributed by atoms with Gasteiger partial charge in [-0.15, -0.1) is 0 Å². The number of halogens is 1. The molecule has 9 nitrogen and oxygen atoms in total. The van der Waals surface area contributed by atoms with Crippen molar-refractivity contribution in [3.63, 3.8) is 0 Å². The first-order valence-electron chi connectivity index (χ1n) is 11.0. The quantitative estimate of drug-likeness (QED) is 0.266. The lowest BCUT2D eigenvalue weighted by molar-refractivity contribution is -0.142. The molecule has 1 aliphatic heterocycles. The third kappa shape index (κ3) is 5.71. The molecule has 2 atom stereocenters. The molecule has 1 saturated carbocycles. The fraction of sp³-hybridized carbons (Fsp3) is 0.375. The first-order valence-corrected chi connectivity index (χ1v) is 12.7. The molecule has 4 rings (SSSR count). The molecule has 2 heterocycles. The van der Waals surface area contributed by atoms with E-state index in [1.165, 1.54) is 18.2 Å². The van der Waals surface area contributed by atoms with Crippen LogP contribution in [0.1, 0.15) is 42.5 Å². The molecule has 0 saturated heterocycles. The Bertz CT molecular complexity index is 1310. The van der Waals surface area contributed by atoms with Crippen LogP contribution in [-0.4, -0.2) is 53.2 Å². The number of rotatable bonds is 6. The maximum Gasteiger partial charge on any atom is 0.306 e. The van der Waals surface area contributed by atoms with Crippen LogP contribution < -0.4 is 9.47 Å². The Morgan fingerprint density at radius 1 is 1.23 bits per heavy atom. The standard InChI is InChI=1S/C24H23FN2O7S/c25-17-9-7-15(8-10-17)3-1-5-18-12-20(22-23(26-18)34-14-33-22)21(27-30)13-35(31,32)19-6-2-4-16(11-19)24(28)29/h7-10,12,16,19,30H,2-4,6,11,13-14H2,(H,28,29). The molecular weight excluding hydrogens is 479 g/mol. The molecule has 2 aromatic rings. The van der Waals surface area contributed by atoms with Crippen molar-refractivity contribution in [3.05, 3.63) is 53.0 Å². The second-order valence-corrected chi connectivity index (χ2v) is 10.7. The zero-order valence-electron chi connectivity index (χ0n) is 18.6. The zero-order valence-corrected chi connectivity index (χ0v) is 19.4. The summed E-state index contributed by atoms with van der Waals surface area (Å²) in [5, 5.41) is 21.4. The minimum atomic E-state index is -3.83. The lowest BCUT2D eigenvalue weighted by atomic mass is 9.89. The van der Waals surface area contributed by atoms with Crippen molar-refractivity contribution in [2.24, 2.45) is 11.1 Å². The van der Waals surface area contributed by atoms with Gasteiger partial charge in [-0.2, -0.15) is 0 Å². The summed E-state index contributed by atoms with van der Waals surface area (Å²) in [7, 11) is -3.83. The van der Waals surface area contributed by atoms with E-state index in [9.17, 15) is 27.9 Å². The molecule has 1 aromatic heterocycles. The molecule has 184 valence electrons. The number of oxime groups is 1. The lowest BCUT2D eigenvalue weighted by Crippen LogP contribution is -2.35. The highest BCUT2D eigenvalue weighted by Crippen LogP contribution is 2.36. The van der Waals surface area contributed by atoms with Crippen molar-refractivity contribution in [3.8, 4) is 23.5 Å². The van der Waals surface area contributed by atoms with E-state index in [1.807, 2.05) is 0 Å². The second-order valence-electron chi connectivity index (χ2n) is 8.38. The first kappa shape index (κ1) is 24.5. The molecule has 2 unspecified atom stereocenters. The van der Waals surface area contributed by atoms with Crippen molar-refractivity contribution in [1.82, 2.24) is 4.98 Å². The number of aliphatic carboxylic acids is 1. The van der Waals surface area contributed by atoms with Crippen molar-refractivity contribution >= 4 is 21.5 Å². The van der Waals surface area contributed by atoms with Crippen LogP contribution in [0.25, 0.3) is 0 Å². The summed E-state index contributed by atoms with van der Waals surface area (Å²) in [5.41, 5.74) is 1.05. The monoisotopic (exact) mass is 502 g/mol. The van der Waals surface area contributed by atoms with Gasteiger partial charge in [-0.1, -0.05) is 29.6 Å². The third-order valence-corrected chi connectivity index (χ3v) is 8.14. The minimum Gasteiger partial charge on any atom is -0.481 e. The molecule has 35 heavy (non-hydrogen) atoms. The fourth-order valence-corrected chi connectivity index (χ4v) is 6.05. The van der Waals surface area contributed by atoms with Crippen LogP contribution in [0.3, 0.4) is 0 Å². The predicted octanol–water partition coefficient (Wildman–Crippen LogP) is 2.78. The number of benzene rings is 1. The van der Waals surface area contributed by atoms with Gasteiger partial charge in [0.15, 0.2) is 15.6 Å². The molecule has 2 N–H and O–H groups in total. The number of sulfone groups is 1. The highest BCUT2D eigenvalue weighted by molar-refractivity contribution is 7.92. The Morgan fingerprint density at radius 3 is 2.71 bits per heavy atom. The number of carboxylic acids is 1. The van der Waals surface area contributed by atoms with Gasteiger partial charge in [0, 0.05) is 6.42 Å². The molecule has 11 heteroatoms. The molecule has 0 radical (unpaired) electrons. The van der Waals surface area contributed by atoms with Gasteiger partial charge in [0.25, 0.3) is 5.88 Å². The third-order valence-electron chi connectivity index (χ3n) is 6.02. The molecule has 0 amide bonds. The van der Waals surface area contributed by atoms with Crippen LogP contribution >= 0.6 is 0 Å². The Labute approximate surface area is 201 Å². The number of ether oxygens (including phenoxy) is 2. The Hall–Kier alpha value is -3.65. The summed E-state index contributed by atoms with van der Waals surface area (Å²) in [6, 6.07) is 7.36. The average molecular weight is 503 g/mol. The van der Waals surface area contributed by atoms with Gasteiger partial charge in [0.1, 0.15) is 17.2 Å². The Morgan fingerprint density at radius 2 is 2.00 bits per heavy atom. The summed E-state index contributed by atoms with van der Waals surface area (Å²) < 4.78 is 50.1. The number of hydrogen-bond acceptors (Lipinski definition) is 8. The fourth-order valence-electron chi connectivity index (χ4n) is 4.17. The normalized spacial score (nSPS) is 19.6. The molecule has 1 aliphatic carbocycles. The largest absolute Gasteiger partial charge is 0.481 e. The molecular formula is C24H23FN2O7S. The maximum absolute atomic E-state index is 13.1. The molecule has 2 aliphatic rings. The number of aromatic nitrogens is 1. The number of nitrogens with zero attached hydrogens (tertiary/aromatic N) is 2. The lowest BCUT2D eigenvalue weighted by Gasteiger charge is -2.26. The molecule has 1 fully saturated rings. The van der Waals surface area contributed by atoms with Crippen molar-refractivity contribution < 1.29 is 37.4 Å². The molecule has 0 spiro atoms. The zero-order chi connectivity index (χ0) is 25.0. The predicted molar refractivity (Wildman–Crippen MR) is 123 cm³/mol. The Balaban J connectivity index is 1.58. The first-order chi connectivity index (χ1) is 16.8. The van der Waals surface area contributed by atoms with Gasteiger partial charge in [-0.3, -0.25) is 4.79 Å². The number of carboxylic acid groups (broad SMARTS) is 1. The second kappa shape index (κ2) is 10.3. The summed E-state index contributed by atoms with van der Waals surface area (Å²) >= 11 is 0. The van der Waals surface area contributed by atoms with Gasteiger partial charge in [-0.25, -0.2) is 17.8 Å². The highest BCUT2D eigenvalue weighted by atomic mass is 32.2. The van der Waals surface area contributed by atoms with Gasteiger partial charge < -0.3 is 19.8 Å². The number of fused-ring (bicyclic) bond motifs is 1. The van der Waals surface area contributed by atoms with Crippen LogP contribution in [0, 0.1) is 23.6 Å². The van der Waals surface area contributed by atoms with E-state index >= 15 is 0 Å². The smallest absolute Gasteiger partial charge is 0.306 e. The highest BCUT2D eigenvalue weighted by Gasteiger charge is 2.36.